The van der Waals surface area contributed by atoms with Gasteiger partial charge in [0.05, 0.1) is 0 Å². The molecule has 0 saturated carbocycles. The van der Waals surface area contributed by atoms with Crippen molar-refractivity contribution >= 4 is 11.8 Å². The van der Waals surface area contributed by atoms with Crippen LogP contribution in [0, 0.1) is 6.92 Å². The Hall–Kier alpha value is -1.39. The highest BCUT2D eigenvalue weighted by atomic mass is 32.2. The minimum atomic E-state index is 0.906. The predicted octanol–water partition coefficient (Wildman–Crippen LogP) is 3.44. The Labute approximate surface area is 118 Å². The summed E-state index contributed by atoms with van der Waals surface area (Å²) in [5, 5.41) is 4.44. The second-order valence-electron chi connectivity index (χ2n) is 4.44. The number of nitrogens with zero attached hydrogens (tertiary/aromatic N) is 2. The van der Waals surface area contributed by atoms with Crippen molar-refractivity contribution in [2.24, 2.45) is 0 Å². The van der Waals surface area contributed by atoms with Gasteiger partial charge in [0.25, 0.3) is 0 Å². The normalized spacial score (nSPS) is 10.6. The fourth-order valence-corrected chi connectivity index (χ4v) is 2.65. The van der Waals surface area contributed by atoms with Gasteiger partial charge in [-0.15, -0.1) is 0 Å². The van der Waals surface area contributed by atoms with Crippen LogP contribution in [-0.4, -0.2) is 16.5 Å². The van der Waals surface area contributed by atoms with Crippen LogP contribution in [0.5, 0.6) is 0 Å². The zero-order valence-electron chi connectivity index (χ0n) is 11.4. The molecule has 1 aromatic carbocycles. The van der Waals surface area contributed by atoms with Crippen molar-refractivity contribution in [3.8, 4) is 0 Å². The summed E-state index contributed by atoms with van der Waals surface area (Å²) in [5.74, 6) is 0. The van der Waals surface area contributed by atoms with Crippen LogP contribution in [0.2, 0.25) is 0 Å². The van der Waals surface area contributed by atoms with Crippen molar-refractivity contribution in [3.05, 3.63) is 47.9 Å². The second kappa shape index (κ2) is 7.26. The van der Waals surface area contributed by atoms with Gasteiger partial charge in [0.2, 0.25) is 0 Å². The smallest absolute Gasteiger partial charge is 0.116 e. The Morgan fingerprint density at radius 2 is 2.16 bits per heavy atom. The molecule has 0 spiro atoms. The number of hydrogen-bond acceptors (Lipinski definition) is 4. The monoisotopic (exact) mass is 273 g/mol. The van der Waals surface area contributed by atoms with Crippen molar-refractivity contribution in [3.63, 3.8) is 0 Å². The maximum absolute atomic E-state index is 4.27. The zero-order valence-corrected chi connectivity index (χ0v) is 12.2. The third-order valence-electron chi connectivity index (χ3n) is 2.73. The third kappa shape index (κ3) is 4.33. The quantitative estimate of drug-likeness (QED) is 0.646. The van der Waals surface area contributed by atoms with Crippen LogP contribution >= 0.6 is 11.8 Å². The largest absolute Gasteiger partial charge is 0.313 e. The minimum Gasteiger partial charge on any atom is -0.313 e. The lowest BCUT2D eigenvalue weighted by molar-refractivity contribution is 0.669. The molecule has 1 aromatic heterocycles. The molecular weight excluding hydrogens is 254 g/mol. The van der Waals surface area contributed by atoms with E-state index >= 15 is 0 Å². The molecule has 100 valence electrons. The Morgan fingerprint density at radius 3 is 2.89 bits per heavy atom. The van der Waals surface area contributed by atoms with Gasteiger partial charge >= 0.3 is 0 Å². The molecule has 1 heterocycles. The topological polar surface area (TPSA) is 37.8 Å². The Morgan fingerprint density at radius 1 is 1.26 bits per heavy atom. The molecule has 2 aromatic rings. The molecule has 0 aliphatic carbocycles. The Bertz CT molecular complexity index is 514. The number of hydrogen-bond donors (Lipinski definition) is 1. The summed E-state index contributed by atoms with van der Waals surface area (Å²) in [7, 11) is 0. The standard InChI is InChI=1S/C15H19N3S/c1-3-7-16-10-13-9-12(2)4-5-14(13)19-15-6-8-17-11-18-15/h4-6,8-9,11,16H,3,7,10H2,1-2H3. The van der Waals surface area contributed by atoms with E-state index in [9.17, 15) is 0 Å². The molecule has 0 saturated heterocycles. The Kier molecular flexibility index (Phi) is 5.36. The van der Waals surface area contributed by atoms with Crippen molar-refractivity contribution in [2.45, 2.75) is 36.7 Å². The van der Waals surface area contributed by atoms with Gasteiger partial charge in [-0.1, -0.05) is 36.4 Å². The number of aromatic nitrogens is 2. The summed E-state index contributed by atoms with van der Waals surface area (Å²) in [6.45, 7) is 6.26. The minimum absolute atomic E-state index is 0.906. The fraction of sp³-hybridized carbons (Fsp3) is 0.333. The van der Waals surface area contributed by atoms with E-state index in [4.69, 9.17) is 0 Å². The average Bonchev–Trinajstić information content (AvgIpc) is 2.43. The van der Waals surface area contributed by atoms with Crippen molar-refractivity contribution in [1.29, 1.82) is 0 Å². The van der Waals surface area contributed by atoms with Gasteiger partial charge in [0, 0.05) is 17.6 Å². The SMILES string of the molecule is CCCNCc1cc(C)ccc1Sc1ccncn1. The molecule has 19 heavy (non-hydrogen) atoms. The molecule has 0 atom stereocenters. The van der Waals surface area contributed by atoms with Crippen LogP contribution < -0.4 is 5.32 Å². The summed E-state index contributed by atoms with van der Waals surface area (Å²) in [4.78, 5) is 9.47. The van der Waals surface area contributed by atoms with Gasteiger partial charge in [-0.2, -0.15) is 0 Å². The molecule has 3 nitrogen and oxygen atoms in total. The molecule has 4 heteroatoms. The second-order valence-corrected chi connectivity index (χ2v) is 5.50. The van der Waals surface area contributed by atoms with E-state index in [1.165, 1.54) is 16.0 Å². The zero-order chi connectivity index (χ0) is 13.5. The van der Waals surface area contributed by atoms with E-state index in [0.29, 0.717) is 0 Å². The number of aryl methyl sites for hydroxylation is 1. The average molecular weight is 273 g/mol. The van der Waals surface area contributed by atoms with E-state index in [2.05, 4.69) is 47.3 Å². The van der Waals surface area contributed by atoms with Gasteiger partial charge in [-0.25, -0.2) is 9.97 Å². The lowest BCUT2D eigenvalue weighted by Crippen LogP contribution is -2.14. The summed E-state index contributed by atoms with van der Waals surface area (Å²) in [6.07, 6.45) is 4.52. The highest BCUT2D eigenvalue weighted by Crippen LogP contribution is 2.29. The fourth-order valence-electron chi connectivity index (χ4n) is 1.80. The third-order valence-corrected chi connectivity index (χ3v) is 3.80. The first-order valence-corrected chi connectivity index (χ1v) is 7.35. The van der Waals surface area contributed by atoms with Gasteiger partial charge in [-0.05, 0) is 37.6 Å². The van der Waals surface area contributed by atoms with Crippen molar-refractivity contribution < 1.29 is 0 Å². The van der Waals surface area contributed by atoms with E-state index < -0.39 is 0 Å². The Balaban J connectivity index is 2.14. The molecule has 0 unspecified atom stereocenters. The van der Waals surface area contributed by atoms with Crippen molar-refractivity contribution in [1.82, 2.24) is 15.3 Å². The van der Waals surface area contributed by atoms with Crippen LogP contribution in [0.15, 0.2) is 46.7 Å². The molecule has 0 radical (unpaired) electrons. The first kappa shape index (κ1) is 14.0. The molecular formula is C15H19N3S. The molecule has 1 N–H and O–H groups in total. The van der Waals surface area contributed by atoms with E-state index in [1.807, 2.05) is 6.07 Å². The highest BCUT2D eigenvalue weighted by molar-refractivity contribution is 7.99. The summed E-state index contributed by atoms with van der Waals surface area (Å²) < 4.78 is 0. The lowest BCUT2D eigenvalue weighted by Gasteiger charge is -2.10. The number of nitrogens with one attached hydrogen (secondary N) is 1. The van der Waals surface area contributed by atoms with Crippen LogP contribution in [0.3, 0.4) is 0 Å². The molecule has 0 aliphatic heterocycles. The van der Waals surface area contributed by atoms with Crippen LogP contribution in [0.4, 0.5) is 0 Å². The first-order valence-electron chi connectivity index (χ1n) is 6.53. The lowest BCUT2D eigenvalue weighted by atomic mass is 10.1. The van der Waals surface area contributed by atoms with Crippen LogP contribution in [-0.2, 0) is 6.54 Å². The van der Waals surface area contributed by atoms with Crippen LogP contribution in [0.25, 0.3) is 0 Å². The molecule has 0 aliphatic rings. The first-order chi connectivity index (χ1) is 9.29. The van der Waals surface area contributed by atoms with Gasteiger partial charge in [0.1, 0.15) is 11.4 Å². The number of rotatable bonds is 6. The van der Waals surface area contributed by atoms with Gasteiger partial charge < -0.3 is 5.32 Å². The maximum atomic E-state index is 4.27. The molecule has 2 rings (SSSR count). The molecule has 0 fully saturated rings. The van der Waals surface area contributed by atoms with Crippen LogP contribution in [0.1, 0.15) is 24.5 Å². The predicted molar refractivity (Wildman–Crippen MR) is 79.3 cm³/mol. The molecule has 0 amide bonds. The molecule has 0 bridgehead atoms. The van der Waals surface area contributed by atoms with Crippen molar-refractivity contribution in [2.75, 3.05) is 6.54 Å². The summed E-state index contributed by atoms with van der Waals surface area (Å²) in [6, 6.07) is 8.50. The van der Waals surface area contributed by atoms with Gasteiger partial charge in [0.15, 0.2) is 0 Å². The highest BCUT2D eigenvalue weighted by Gasteiger charge is 2.05. The number of benzene rings is 1. The summed E-state index contributed by atoms with van der Waals surface area (Å²) >= 11 is 1.69. The van der Waals surface area contributed by atoms with E-state index in [0.717, 1.165) is 24.5 Å². The van der Waals surface area contributed by atoms with E-state index in [1.54, 1.807) is 24.3 Å². The van der Waals surface area contributed by atoms with E-state index in [-0.39, 0.29) is 0 Å². The maximum Gasteiger partial charge on any atom is 0.116 e. The van der Waals surface area contributed by atoms with Gasteiger partial charge in [-0.3, -0.25) is 0 Å². The summed E-state index contributed by atoms with van der Waals surface area (Å²) in [5.41, 5.74) is 2.62.